The van der Waals surface area contributed by atoms with Gasteiger partial charge in [0.1, 0.15) is 0 Å². The number of rotatable bonds is 4. The third kappa shape index (κ3) is 5.74. The maximum atomic E-state index is 11.9. The number of carbonyl (C=O) groups is 1. The Labute approximate surface area is 152 Å². The summed E-state index contributed by atoms with van der Waals surface area (Å²) in [5, 5.41) is 9.47. The van der Waals surface area contributed by atoms with E-state index >= 15 is 0 Å². The first-order chi connectivity index (χ1) is 12.0. The van der Waals surface area contributed by atoms with Crippen LogP contribution in [0.25, 0.3) is 0 Å². The minimum atomic E-state index is -0.202. The summed E-state index contributed by atoms with van der Waals surface area (Å²) in [5.74, 6) is 0.740. The van der Waals surface area contributed by atoms with Gasteiger partial charge < -0.3 is 14.9 Å². The van der Waals surface area contributed by atoms with Crippen molar-refractivity contribution in [2.24, 2.45) is 5.92 Å². The average molecular weight is 347 g/mol. The van der Waals surface area contributed by atoms with E-state index in [9.17, 15) is 9.90 Å². The number of aliphatic hydroxyl groups is 1. The molecule has 1 saturated heterocycles. The lowest BCUT2D eigenvalue weighted by atomic mass is 9.86. The number of benzene rings is 1. The van der Waals surface area contributed by atoms with Crippen LogP contribution in [0.2, 0.25) is 0 Å². The zero-order valence-electron chi connectivity index (χ0n) is 16.0. The number of carbonyl (C=O) groups excluding carboxylic acids is 1. The third-order valence-electron chi connectivity index (χ3n) is 5.12. The van der Waals surface area contributed by atoms with Gasteiger partial charge in [0.05, 0.1) is 6.10 Å². The van der Waals surface area contributed by atoms with Crippen LogP contribution in [0.5, 0.6) is 0 Å². The predicted molar refractivity (Wildman–Crippen MR) is 104 cm³/mol. The van der Waals surface area contributed by atoms with E-state index in [-0.39, 0.29) is 18.1 Å². The van der Waals surface area contributed by atoms with Gasteiger partial charge in [-0.3, -0.25) is 4.79 Å². The van der Waals surface area contributed by atoms with Crippen LogP contribution in [0.15, 0.2) is 30.3 Å². The van der Waals surface area contributed by atoms with Crippen LogP contribution in [-0.4, -0.2) is 47.7 Å². The molecule has 3 rings (SSSR count). The molecule has 2 aliphatic rings. The molecule has 1 aromatic rings. The number of hydrogen-bond acceptors (Lipinski definition) is 3. The van der Waals surface area contributed by atoms with Crippen molar-refractivity contribution in [1.82, 2.24) is 4.90 Å². The molecule has 4 heteroatoms. The highest BCUT2D eigenvalue weighted by atomic mass is 16.3. The smallest absolute Gasteiger partial charge is 0.219 e. The molecule has 4 nitrogen and oxygen atoms in total. The molecule has 1 aromatic carbocycles. The number of hydrogen-bond donors (Lipinski definition) is 1. The highest BCUT2D eigenvalue weighted by Crippen LogP contribution is 2.29. The SMILES string of the molecule is CC(=O)N(CC1CCN(c2ccccc2)CC1)C1CC(O)C1.CCC. The van der Waals surface area contributed by atoms with Crippen molar-refractivity contribution in [2.75, 3.05) is 24.5 Å². The van der Waals surface area contributed by atoms with Crippen LogP contribution in [0, 0.1) is 5.92 Å². The molecule has 1 saturated carbocycles. The Morgan fingerprint density at radius 2 is 1.72 bits per heavy atom. The number of piperidine rings is 1. The minimum absolute atomic E-state index is 0.155. The molecule has 1 heterocycles. The molecule has 140 valence electrons. The molecule has 0 aromatic heterocycles. The second-order valence-corrected chi connectivity index (χ2v) is 7.42. The highest BCUT2D eigenvalue weighted by molar-refractivity contribution is 5.73. The normalized spacial score (nSPS) is 23.3. The van der Waals surface area contributed by atoms with Gasteiger partial charge >= 0.3 is 0 Å². The summed E-state index contributed by atoms with van der Waals surface area (Å²) >= 11 is 0. The number of amides is 1. The third-order valence-corrected chi connectivity index (χ3v) is 5.12. The van der Waals surface area contributed by atoms with Gasteiger partial charge in [0.2, 0.25) is 5.91 Å². The molecule has 1 aliphatic heterocycles. The van der Waals surface area contributed by atoms with Crippen LogP contribution in [0.3, 0.4) is 0 Å². The van der Waals surface area contributed by atoms with Gasteiger partial charge in [0.15, 0.2) is 0 Å². The van der Waals surface area contributed by atoms with Gasteiger partial charge in [-0.2, -0.15) is 0 Å². The second-order valence-electron chi connectivity index (χ2n) is 7.42. The van der Waals surface area contributed by atoms with E-state index in [0.717, 1.165) is 45.3 Å². The second kappa shape index (κ2) is 9.81. The summed E-state index contributed by atoms with van der Waals surface area (Å²) in [6, 6.07) is 10.8. The number of aliphatic hydroxyl groups excluding tert-OH is 1. The van der Waals surface area contributed by atoms with Gasteiger partial charge in [-0.1, -0.05) is 38.5 Å². The van der Waals surface area contributed by atoms with E-state index in [2.05, 4.69) is 43.0 Å². The molecular weight excluding hydrogens is 312 g/mol. The molecule has 0 bridgehead atoms. The first kappa shape index (κ1) is 19.8. The molecule has 25 heavy (non-hydrogen) atoms. The summed E-state index contributed by atoms with van der Waals surface area (Å²) < 4.78 is 0. The van der Waals surface area contributed by atoms with Crippen LogP contribution in [0.1, 0.15) is 52.9 Å². The van der Waals surface area contributed by atoms with E-state index in [1.165, 1.54) is 12.1 Å². The lowest BCUT2D eigenvalue weighted by Crippen LogP contribution is -2.51. The van der Waals surface area contributed by atoms with Crippen LogP contribution < -0.4 is 4.90 Å². The molecule has 1 aliphatic carbocycles. The van der Waals surface area contributed by atoms with Crippen molar-refractivity contribution >= 4 is 11.6 Å². The van der Waals surface area contributed by atoms with Gasteiger partial charge in [0, 0.05) is 38.3 Å². The lowest BCUT2D eigenvalue weighted by molar-refractivity contribution is -0.136. The number of nitrogens with zero attached hydrogens (tertiary/aromatic N) is 2. The quantitative estimate of drug-likeness (QED) is 0.904. The fourth-order valence-corrected chi connectivity index (χ4v) is 3.64. The first-order valence-corrected chi connectivity index (χ1v) is 9.80. The summed E-state index contributed by atoms with van der Waals surface area (Å²) in [6.07, 6.45) is 4.82. The van der Waals surface area contributed by atoms with Gasteiger partial charge in [-0.25, -0.2) is 0 Å². The lowest BCUT2D eigenvalue weighted by Gasteiger charge is -2.43. The Bertz CT molecular complexity index is 506. The summed E-state index contributed by atoms with van der Waals surface area (Å²) in [7, 11) is 0. The van der Waals surface area contributed by atoms with Gasteiger partial charge in [0.25, 0.3) is 0 Å². The average Bonchev–Trinajstić information content (AvgIpc) is 2.59. The fraction of sp³-hybridized carbons (Fsp3) is 0.667. The highest BCUT2D eigenvalue weighted by Gasteiger charge is 2.35. The van der Waals surface area contributed by atoms with Crippen molar-refractivity contribution in [3.63, 3.8) is 0 Å². The van der Waals surface area contributed by atoms with Crippen molar-refractivity contribution < 1.29 is 9.90 Å². The monoisotopic (exact) mass is 346 g/mol. The van der Waals surface area contributed by atoms with Crippen molar-refractivity contribution in [2.45, 2.75) is 65.0 Å². The summed E-state index contributed by atoms with van der Waals surface area (Å²) in [4.78, 5) is 16.3. The molecular formula is C21H34N2O2. The Morgan fingerprint density at radius 1 is 1.16 bits per heavy atom. The minimum Gasteiger partial charge on any atom is -0.393 e. The first-order valence-electron chi connectivity index (χ1n) is 9.80. The molecule has 0 radical (unpaired) electrons. The molecule has 0 atom stereocenters. The van der Waals surface area contributed by atoms with Gasteiger partial charge in [-0.05, 0) is 43.7 Å². The molecule has 2 fully saturated rings. The van der Waals surface area contributed by atoms with E-state index in [4.69, 9.17) is 0 Å². The van der Waals surface area contributed by atoms with Crippen molar-refractivity contribution in [3.8, 4) is 0 Å². The van der Waals surface area contributed by atoms with Crippen LogP contribution in [0.4, 0.5) is 5.69 Å². The van der Waals surface area contributed by atoms with E-state index in [1.807, 2.05) is 11.0 Å². The van der Waals surface area contributed by atoms with E-state index < -0.39 is 0 Å². The zero-order valence-corrected chi connectivity index (χ0v) is 16.0. The van der Waals surface area contributed by atoms with E-state index in [1.54, 1.807) is 6.92 Å². The topological polar surface area (TPSA) is 43.8 Å². The van der Waals surface area contributed by atoms with E-state index in [0.29, 0.717) is 5.92 Å². The van der Waals surface area contributed by atoms with Crippen molar-refractivity contribution in [1.29, 1.82) is 0 Å². The molecule has 0 unspecified atom stereocenters. The molecule has 0 spiro atoms. The standard InChI is InChI=1S/C18H26N2O2.C3H8/c1-14(21)20(17-11-18(22)12-17)13-15-7-9-19(10-8-15)16-5-3-2-4-6-16;1-3-2/h2-6,15,17-18,22H,7-13H2,1H3;3H2,1-2H3. The van der Waals surface area contributed by atoms with Gasteiger partial charge in [-0.15, -0.1) is 0 Å². The zero-order chi connectivity index (χ0) is 18.2. The molecule has 1 N–H and O–H groups in total. The number of anilines is 1. The fourth-order valence-electron chi connectivity index (χ4n) is 3.64. The maximum absolute atomic E-state index is 11.9. The van der Waals surface area contributed by atoms with Crippen LogP contribution >= 0.6 is 0 Å². The Morgan fingerprint density at radius 3 is 2.20 bits per heavy atom. The molecule has 1 amide bonds. The summed E-state index contributed by atoms with van der Waals surface area (Å²) in [5.41, 5.74) is 1.30. The Balaban J connectivity index is 0.000000701. The van der Waals surface area contributed by atoms with Crippen LogP contribution in [-0.2, 0) is 4.79 Å². The Kier molecular flexibility index (Phi) is 7.76. The van der Waals surface area contributed by atoms with Crippen molar-refractivity contribution in [3.05, 3.63) is 30.3 Å². The maximum Gasteiger partial charge on any atom is 0.219 e. The summed E-state index contributed by atoms with van der Waals surface area (Å²) in [6.45, 7) is 8.89. The predicted octanol–water partition coefficient (Wildman–Crippen LogP) is 3.69. The Hall–Kier alpha value is -1.55. The largest absolute Gasteiger partial charge is 0.393 e. The number of para-hydroxylation sites is 1.